The molecule has 4 aromatic carbocycles. The minimum Gasteiger partial charge on any atom is -0.457 e. The second-order valence-electron chi connectivity index (χ2n) is 8.56. The lowest BCUT2D eigenvalue weighted by Gasteiger charge is -2.20. The van der Waals surface area contributed by atoms with E-state index in [9.17, 15) is 0 Å². The first-order valence-corrected chi connectivity index (χ1v) is 11.5. The van der Waals surface area contributed by atoms with Crippen LogP contribution in [0.1, 0.15) is 0 Å². The molecule has 0 aliphatic heterocycles. The van der Waals surface area contributed by atoms with Crippen molar-refractivity contribution in [2.75, 3.05) is 23.4 Å². The van der Waals surface area contributed by atoms with Crippen molar-refractivity contribution in [2.24, 2.45) is 7.05 Å². The highest BCUT2D eigenvalue weighted by Gasteiger charge is 2.11. The predicted octanol–water partition coefficient (Wildman–Crippen LogP) is 7.08. The summed E-state index contributed by atoms with van der Waals surface area (Å²) in [7, 11) is 4.15. The number of benzene rings is 4. The molecular formula is C30H28N4O. The molecule has 5 rings (SSSR count). The number of nitrogens with zero attached hydrogens (tertiary/aromatic N) is 2. The topological polar surface area (TPSA) is 69.4 Å². The van der Waals surface area contributed by atoms with Crippen molar-refractivity contribution in [2.45, 2.75) is 0 Å². The van der Waals surface area contributed by atoms with E-state index in [1.807, 2.05) is 60.7 Å². The van der Waals surface area contributed by atoms with Gasteiger partial charge in [0.15, 0.2) is 0 Å². The van der Waals surface area contributed by atoms with Gasteiger partial charge in [0.2, 0.25) is 0 Å². The standard InChI is InChI=1S/C30H28N4O/c1-33(26-13-7-23(31)8-14-26)25-11-3-21(4-12-25)29-19-20-30(34(29)2)22-5-15-27(16-6-22)35-28-17-9-24(32)10-18-28/h3-20H,31-32H2,1-2H3. The number of aromatic nitrogens is 1. The Morgan fingerprint density at radius 3 is 1.40 bits per heavy atom. The minimum absolute atomic E-state index is 0.718. The molecule has 5 heteroatoms. The van der Waals surface area contributed by atoms with Crippen LogP contribution in [0.15, 0.2) is 109 Å². The summed E-state index contributed by atoms with van der Waals surface area (Å²) >= 11 is 0. The van der Waals surface area contributed by atoms with Gasteiger partial charge in [0, 0.05) is 48.2 Å². The molecular weight excluding hydrogens is 432 g/mol. The second kappa shape index (κ2) is 9.31. The van der Waals surface area contributed by atoms with Gasteiger partial charge in [-0.15, -0.1) is 0 Å². The average Bonchev–Trinajstić information content (AvgIpc) is 3.27. The summed E-state index contributed by atoms with van der Waals surface area (Å²) in [5.74, 6) is 1.55. The normalized spacial score (nSPS) is 10.8. The summed E-state index contributed by atoms with van der Waals surface area (Å²) in [6.45, 7) is 0. The van der Waals surface area contributed by atoms with E-state index in [0.29, 0.717) is 0 Å². The predicted molar refractivity (Wildman–Crippen MR) is 146 cm³/mol. The zero-order valence-electron chi connectivity index (χ0n) is 19.8. The molecule has 174 valence electrons. The maximum atomic E-state index is 5.92. The molecule has 0 aliphatic rings. The fraction of sp³-hybridized carbons (Fsp3) is 0.0667. The van der Waals surface area contributed by atoms with Gasteiger partial charge >= 0.3 is 0 Å². The number of anilines is 4. The fourth-order valence-corrected chi connectivity index (χ4v) is 4.16. The zero-order valence-corrected chi connectivity index (χ0v) is 19.8. The molecule has 5 nitrogen and oxygen atoms in total. The van der Waals surface area contributed by atoms with Crippen molar-refractivity contribution in [1.82, 2.24) is 4.57 Å². The average molecular weight is 461 g/mol. The molecule has 0 saturated heterocycles. The Kier molecular flexibility index (Phi) is 5.90. The van der Waals surface area contributed by atoms with Gasteiger partial charge in [-0.1, -0.05) is 12.1 Å². The quantitative estimate of drug-likeness (QED) is 0.266. The van der Waals surface area contributed by atoms with E-state index in [1.54, 1.807) is 0 Å². The van der Waals surface area contributed by atoms with Crippen molar-refractivity contribution in [1.29, 1.82) is 0 Å². The van der Waals surface area contributed by atoms with Crippen LogP contribution in [0.5, 0.6) is 11.5 Å². The van der Waals surface area contributed by atoms with Crippen molar-refractivity contribution in [3.05, 3.63) is 109 Å². The number of hydrogen-bond donors (Lipinski definition) is 2. The van der Waals surface area contributed by atoms with Gasteiger partial charge < -0.3 is 25.7 Å². The number of rotatable bonds is 6. The van der Waals surface area contributed by atoms with Gasteiger partial charge in [-0.3, -0.25) is 0 Å². The fourth-order valence-electron chi connectivity index (χ4n) is 4.16. The Balaban J connectivity index is 1.33. The summed E-state index contributed by atoms with van der Waals surface area (Å²) in [6.07, 6.45) is 0. The molecule has 0 fully saturated rings. The van der Waals surface area contributed by atoms with Crippen LogP contribution >= 0.6 is 0 Å². The number of nitrogen functional groups attached to an aromatic ring is 2. The summed E-state index contributed by atoms with van der Waals surface area (Å²) in [5.41, 5.74) is 19.8. The van der Waals surface area contributed by atoms with Gasteiger partial charge in [-0.25, -0.2) is 0 Å². The zero-order chi connectivity index (χ0) is 24.4. The highest BCUT2D eigenvalue weighted by atomic mass is 16.5. The molecule has 0 saturated carbocycles. The van der Waals surface area contributed by atoms with Crippen LogP contribution in [-0.4, -0.2) is 11.6 Å². The Hall–Kier alpha value is -4.64. The van der Waals surface area contributed by atoms with E-state index in [1.165, 1.54) is 0 Å². The third-order valence-corrected chi connectivity index (χ3v) is 6.22. The van der Waals surface area contributed by atoms with Crippen LogP contribution in [-0.2, 0) is 7.05 Å². The molecule has 0 aliphatic carbocycles. The summed E-state index contributed by atoms with van der Waals surface area (Å²) in [6, 6.07) is 36.3. The lowest BCUT2D eigenvalue weighted by atomic mass is 10.1. The maximum Gasteiger partial charge on any atom is 0.127 e. The van der Waals surface area contributed by atoms with Crippen molar-refractivity contribution < 1.29 is 4.74 Å². The van der Waals surface area contributed by atoms with Crippen LogP contribution in [0, 0.1) is 0 Å². The maximum absolute atomic E-state index is 5.92. The Morgan fingerprint density at radius 1 is 0.543 bits per heavy atom. The SMILES string of the molecule is CN(c1ccc(N)cc1)c1ccc(-c2ccc(-c3ccc(Oc4ccc(N)cc4)cc3)n2C)cc1. The first-order chi connectivity index (χ1) is 17.0. The lowest BCUT2D eigenvalue weighted by Crippen LogP contribution is -2.09. The van der Waals surface area contributed by atoms with Crippen LogP contribution < -0.4 is 21.1 Å². The van der Waals surface area contributed by atoms with Crippen LogP contribution in [0.3, 0.4) is 0 Å². The summed E-state index contributed by atoms with van der Waals surface area (Å²) in [4.78, 5) is 2.15. The van der Waals surface area contributed by atoms with Crippen LogP contribution in [0.2, 0.25) is 0 Å². The smallest absolute Gasteiger partial charge is 0.127 e. The molecule has 1 heterocycles. The summed E-state index contributed by atoms with van der Waals surface area (Å²) < 4.78 is 8.14. The van der Waals surface area contributed by atoms with Gasteiger partial charge in [-0.2, -0.15) is 0 Å². The monoisotopic (exact) mass is 460 g/mol. The van der Waals surface area contributed by atoms with E-state index in [0.717, 1.165) is 56.8 Å². The summed E-state index contributed by atoms with van der Waals surface area (Å²) in [5, 5.41) is 0. The molecule has 4 N–H and O–H groups in total. The van der Waals surface area contributed by atoms with Crippen molar-refractivity contribution in [3.8, 4) is 34.0 Å². The molecule has 5 aromatic rings. The van der Waals surface area contributed by atoms with E-state index in [4.69, 9.17) is 16.2 Å². The molecule has 1 aromatic heterocycles. The molecule has 35 heavy (non-hydrogen) atoms. The number of hydrogen-bond acceptors (Lipinski definition) is 4. The third kappa shape index (κ3) is 4.70. The van der Waals surface area contributed by atoms with Crippen LogP contribution in [0.4, 0.5) is 22.7 Å². The number of ether oxygens (including phenoxy) is 1. The van der Waals surface area contributed by atoms with E-state index >= 15 is 0 Å². The molecule has 0 unspecified atom stereocenters. The Labute approximate surface area is 205 Å². The molecule has 0 radical (unpaired) electrons. The highest BCUT2D eigenvalue weighted by Crippen LogP contribution is 2.32. The van der Waals surface area contributed by atoms with Gasteiger partial charge in [0.1, 0.15) is 11.5 Å². The first-order valence-electron chi connectivity index (χ1n) is 11.5. The van der Waals surface area contributed by atoms with Gasteiger partial charge in [-0.05, 0) is 108 Å². The second-order valence-corrected chi connectivity index (χ2v) is 8.56. The van der Waals surface area contributed by atoms with Crippen LogP contribution in [0.25, 0.3) is 22.5 Å². The highest BCUT2D eigenvalue weighted by molar-refractivity contribution is 5.72. The lowest BCUT2D eigenvalue weighted by molar-refractivity contribution is 0.483. The first kappa shape index (κ1) is 22.2. The molecule has 0 spiro atoms. The molecule has 0 atom stereocenters. The van der Waals surface area contributed by atoms with Gasteiger partial charge in [0.25, 0.3) is 0 Å². The third-order valence-electron chi connectivity index (χ3n) is 6.22. The molecule has 0 amide bonds. The van der Waals surface area contributed by atoms with Crippen molar-refractivity contribution in [3.63, 3.8) is 0 Å². The minimum atomic E-state index is 0.718. The number of nitrogens with two attached hydrogens (primary N) is 2. The van der Waals surface area contributed by atoms with Gasteiger partial charge in [0.05, 0.1) is 0 Å². The molecule has 0 bridgehead atoms. The Bertz CT molecular complexity index is 1420. The van der Waals surface area contributed by atoms with E-state index < -0.39 is 0 Å². The van der Waals surface area contributed by atoms with E-state index in [-0.39, 0.29) is 0 Å². The van der Waals surface area contributed by atoms with Crippen molar-refractivity contribution >= 4 is 22.7 Å². The Morgan fingerprint density at radius 2 is 0.914 bits per heavy atom. The largest absolute Gasteiger partial charge is 0.457 e. The van der Waals surface area contributed by atoms with E-state index in [2.05, 4.69) is 72.1 Å².